The standard InChI is InChI=1S/C14H16BrClN2O3/c15-9-5-2-1-3-7-11(9)17-14(19)13-10(16)6-4-8-12(13)18(20)21/h4,6,8-9,11H,1-3,5,7H2,(H,17,19). The van der Waals surface area contributed by atoms with E-state index in [2.05, 4.69) is 21.2 Å². The third-order valence-corrected chi connectivity index (χ3v) is 5.07. The average molecular weight is 376 g/mol. The third-order valence-electron chi connectivity index (χ3n) is 3.66. The highest BCUT2D eigenvalue weighted by Gasteiger charge is 2.28. The van der Waals surface area contributed by atoms with Crippen molar-refractivity contribution in [1.29, 1.82) is 0 Å². The number of alkyl halides is 1. The van der Waals surface area contributed by atoms with Gasteiger partial charge < -0.3 is 5.32 Å². The molecule has 0 heterocycles. The highest BCUT2D eigenvalue weighted by atomic mass is 79.9. The second kappa shape index (κ2) is 7.22. The van der Waals surface area contributed by atoms with E-state index < -0.39 is 10.8 Å². The molecule has 1 saturated carbocycles. The molecule has 1 N–H and O–H groups in total. The van der Waals surface area contributed by atoms with Crippen LogP contribution >= 0.6 is 27.5 Å². The van der Waals surface area contributed by atoms with Crippen LogP contribution in [-0.4, -0.2) is 21.7 Å². The Labute approximate surface area is 136 Å². The Balaban J connectivity index is 2.22. The molecule has 0 bridgehead atoms. The zero-order valence-electron chi connectivity index (χ0n) is 11.4. The number of nitro groups is 1. The summed E-state index contributed by atoms with van der Waals surface area (Å²) in [5, 5.41) is 14.0. The first-order chi connectivity index (χ1) is 10.0. The average Bonchev–Trinajstić information content (AvgIpc) is 2.63. The molecule has 0 spiro atoms. The third kappa shape index (κ3) is 3.95. The number of carbonyl (C=O) groups is 1. The topological polar surface area (TPSA) is 72.2 Å². The summed E-state index contributed by atoms with van der Waals surface area (Å²) in [4.78, 5) is 23.0. The lowest BCUT2D eigenvalue weighted by atomic mass is 10.1. The van der Waals surface area contributed by atoms with Gasteiger partial charge in [-0.05, 0) is 18.9 Å². The van der Waals surface area contributed by atoms with E-state index in [-0.39, 0.29) is 27.1 Å². The van der Waals surface area contributed by atoms with Gasteiger partial charge in [0.25, 0.3) is 11.6 Å². The fraction of sp³-hybridized carbons (Fsp3) is 0.500. The molecule has 7 heteroatoms. The van der Waals surface area contributed by atoms with Crippen LogP contribution in [0.2, 0.25) is 5.02 Å². The Hall–Kier alpha value is -1.14. The van der Waals surface area contributed by atoms with Gasteiger partial charge in [0.1, 0.15) is 5.56 Å². The molecule has 2 atom stereocenters. The molecule has 1 aliphatic carbocycles. The van der Waals surface area contributed by atoms with Gasteiger partial charge in [-0.25, -0.2) is 0 Å². The Morgan fingerprint density at radius 1 is 1.33 bits per heavy atom. The van der Waals surface area contributed by atoms with Gasteiger partial charge in [-0.1, -0.05) is 52.9 Å². The summed E-state index contributed by atoms with van der Waals surface area (Å²) in [7, 11) is 0. The molecule has 2 unspecified atom stereocenters. The van der Waals surface area contributed by atoms with Gasteiger partial charge in [0.2, 0.25) is 0 Å². The van der Waals surface area contributed by atoms with Crippen molar-refractivity contribution in [3.8, 4) is 0 Å². The maximum Gasteiger partial charge on any atom is 0.283 e. The number of nitrogens with one attached hydrogen (secondary N) is 1. The summed E-state index contributed by atoms with van der Waals surface area (Å²) in [5.74, 6) is -0.483. The SMILES string of the molecule is O=C(NC1CCCCCC1Br)c1c(Cl)cccc1[N+](=O)[O-]. The van der Waals surface area contributed by atoms with Crippen molar-refractivity contribution < 1.29 is 9.72 Å². The van der Waals surface area contributed by atoms with Gasteiger partial charge >= 0.3 is 0 Å². The Kier molecular flexibility index (Phi) is 5.58. The second-order valence-corrected chi connectivity index (χ2v) is 6.71. The number of nitrogens with zero attached hydrogens (tertiary/aromatic N) is 1. The van der Waals surface area contributed by atoms with Gasteiger partial charge in [-0.15, -0.1) is 0 Å². The smallest absolute Gasteiger partial charge is 0.283 e. The van der Waals surface area contributed by atoms with Gasteiger partial charge in [-0.2, -0.15) is 0 Å². The normalized spacial score (nSPS) is 22.4. The summed E-state index contributed by atoms with van der Waals surface area (Å²) in [6.07, 6.45) is 5.14. The summed E-state index contributed by atoms with van der Waals surface area (Å²) in [5.41, 5.74) is -0.326. The molecule has 1 aromatic rings. The summed E-state index contributed by atoms with van der Waals surface area (Å²) in [6.45, 7) is 0. The van der Waals surface area contributed by atoms with Crippen molar-refractivity contribution in [2.45, 2.75) is 43.0 Å². The molecule has 1 aliphatic rings. The van der Waals surface area contributed by atoms with Crippen molar-refractivity contribution in [3.05, 3.63) is 38.9 Å². The van der Waals surface area contributed by atoms with Crippen LogP contribution in [0.1, 0.15) is 42.5 Å². The van der Waals surface area contributed by atoms with E-state index in [0.717, 1.165) is 32.1 Å². The number of rotatable bonds is 3. The highest BCUT2D eigenvalue weighted by Crippen LogP contribution is 2.28. The van der Waals surface area contributed by atoms with Crippen LogP contribution in [0.4, 0.5) is 5.69 Å². The van der Waals surface area contributed by atoms with Crippen molar-refractivity contribution >= 4 is 39.1 Å². The zero-order chi connectivity index (χ0) is 15.4. The number of halogens is 2. The van der Waals surface area contributed by atoms with Crippen molar-refractivity contribution in [3.63, 3.8) is 0 Å². The van der Waals surface area contributed by atoms with E-state index in [1.165, 1.54) is 18.2 Å². The molecule has 0 radical (unpaired) electrons. The summed E-state index contributed by atoms with van der Waals surface area (Å²) in [6, 6.07) is 4.22. The quantitative estimate of drug-likeness (QED) is 0.374. The van der Waals surface area contributed by atoms with Crippen LogP contribution in [0.15, 0.2) is 18.2 Å². The number of benzene rings is 1. The second-order valence-electron chi connectivity index (χ2n) is 5.13. The van der Waals surface area contributed by atoms with E-state index in [0.29, 0.717) is 0 Å². The lowest BCUT2D eigenvalue weighted by Crippen LogP contribution is -2.40. The van der Waals surface area contributed by atoms with Gasteiger partial charge in [0.15, 0.2) is 0 Å². The van der Waals surface area contributed by atoms with E-state index in [1.54, 1.807) is 0 Å². The predicted molar refractivity (Wildman–Crippen MR) is 85.2 cm³/mol. The molecule has 2 rings (SSSR count). The van der Waals surface area contributed by atoms with Crippen LogP contribution in [0.3, 0.4) is 0 Å². The first-order valence-corrected chi connectivity index (χ1v) is 8.18. The largest absolute Gasteiger partial charge is 0.348 e. The maximum absolute atomic E-state index is 12.4. The first kappa shape index (κ1) is 16.2. The zero-order valence-corrected chi connectivity index (χ0v) is 13.7. The minimum atomic E-state index is -0.584. The molecular formula is C14H16BrClN2O3. The number of carbonyl (C=O) groups excluding carboxylic acids is 1. The molecule has 0 aromatic heterocycles. The Bertz CT molecular complexity index is 553. The molecule has 114 valence electrons. The van der Waals surface area contributed by atoms with E-state index >= 15 is 0 Å². The highest BCUT2D eigenvalue weighted by molar-refractivity contribution is 9.09. The van der Waals surface area contributed by atoms with Crippen LogP contribution in [0.5, 0.6) is 0 Å². The summed E-state index contributed by atoms with van der Waals surface area (Å²) >= 11 is 9.57. The van der Waals surface area contributed by atoms with E-state index in [1.807, 2.05) is 0 Å². The lowest BCUT2D eigenvalue weighted by Gasteiger charge is -2.21. The first-order valence-electron chi connectivity index (χ1n) is 6.88. The molecule has 5 nitrogen and oxygen atoms in total. The molecule has 1 aromatic carbocycles. The summed E-state index contributed by atoms with van der Waals surface area (Å²) < 4.78 is 0. The van der Waals surface area contributed by atoms with Crippen LogP contribution < -0.4 is 5.32 Å². The fourth-order valence-electron chi connectivity index (χ4n) is 2.56. The number of hydrogen-bond donors (Lipinski definition) is 1. The van der Waals surface area contributed by atoms with Gasteiger partial charge in [0, 0.05) is 16.9 Å². The van der Waals surface area contributed by atoms with E-state index in [4.69, 9.17) is 11.6 Å². The maximum atomic E-state index is 12.4. The van der Waals surface area contributed by atoms with Crippen molar-refractivity contribution in [2.24, 2.45) is 0 Å². The lowest BCUT2D eigenvalue weighted by molar-refractivity contribution is -0.385. The Morgan fingerprint density at radius 3 is 2.76 bits per heavy atom. The molecule has 1 amide bonds. The van der Waals surface area contributed by atoms with Crippen molar-refractivity contribution in [1.82, 2.24) is 5.32 Å². The minimum Gasteiger partial charge on any atom is -0.348 e. The molecule has 0 saturated heterocycles. The molecule has 0 aliphatic heterocycles. The monoisotopic (exact) mass is 374 g/mol. The fourth-order valence-corrected chi connectivity index (χ4v) is 3.53. The molecular weight excluding hydrogens is 360 g/mol. The van der Waals surface area contributed by atoms with E-state index in [9.17, 15) is 14.9 Å². The van der Waals surface area contributed by atoms with Crippen LogP contribution in [-0.2, 0) is 0 Å². The molecule has 1 fully saturated rings. The van der Waals surface area contributed by atoms with Gasteiger partial charge in [0.05, 0.1) is 9.95 Å². The molecule has 21 heavy (non-hydrogen) atoms. The number of nitro benzene ring substituents is 1. The number of hydrogen-bond acceptors (Lipinski definition) is 3. The van der Waals surface area contributed by atoms with Crippen molar-refractivity contribution in [2.75, 3.05) is 0 Å². The van der Waals surface area contributed by atoms with Gasteiger partial charge in [-0.3, -0.25) is 14.9 Å². The van der Waals surface area contributed by atoms with Crippen LogP contribution in [0, 0.1) is 10.1 Å². The Morgan fingerprint density at radius 2 is 2.05 bits per heavy atom. The van der Waals surface area contributed by atoms with Crippen LogP contribution in [0.25, 0.3) is 0 Å². The minimum absolute atomic E-state index is 0.0316. The predicted octanol–water partition coefficient (Wildman–Crippen LogP) is 4.07. The number of amides is 1.